The normalized spacial score (nSPS) is 16.1. The third kappa shape index (κ3) is 6.51. The van der Waals surface area contributed by atoms with E-state index in [1.165, 1.54) is 17.2 Å². The van der Waals surface area contributed by atoms with E-state index in [1.54, 1.807) is 36.5 Å². The van der Waals surface area contributed by atoms with Crippen LogP contribution in [0.3, 0.4) is 0 Å². The summed E-state index contributed by atoms with van der Waals surface area (Å²) in [5.74, 6) is -2.33. The minimum absolute atomic E-state index is 0.0187. The number of carbonyl (C=O) groups is 2. The number of likely N-dealkylation sites (tertiary alicyclic amines) is 1. The van der Waals surface area contributed by atoms with E-state index in [-0.39, 0.29) is 44.3 Å². The Kier molecular flexibility index (Phi) is 7.93. The van der Waals surface area contributed by atoms with Gasteiger partial charge in [0.05, 0.1) is 17.8 Å². The lowest BCUT2D eigenvalue weighted by Crippen LogP contribution is -2.42. The Morgan fingerprint density at radius 3 is 2.64 bits per heavy atom. The molecule has 2 aliphatic heterocycles. The minimum atomic E-state index is -2.72. The highest BCUT2D eigenvalue weighted by Gasteiger charge is 2.35. The van der Waals surface area contributed by atoms with Crippen LogP contribution in [0.15, 0.2) is 83.7 Å². The Labute approximate surface area is 252 Å². The summed E-state index contributed by atoms with van der Waals surface area (Å²) in [6.45, 7) is 0.819. The van der Waals surface area contributed by atoms with Gasteiger partial charge in [0.15, 0.2) is 0 Å². The number of nitrogens with two attached hydrogens (primary N) is 1. The molecule has 9 nitrogen and oxygen atoms in total. The molecule has 0 bridgehead atoms. The smallest absolute Gasteiger partial charge is 0.255 e. The number of dihydropyridines is 1. The van der Waals surface area contributed by atoms with Crippen LogP contribution >= 0.6 is 0 Å². The zero-order valence-corrected chi connectivity index (χ0v) is 23.7. The molecule has 0 unspecified atom stereocenters. The number of nitrogen functional groups attached to an aromatic ring is 1. The van der Waals surface area contributed by atoms with Crippen LogP contribution in [-0.2, 0) is 11.3 Å². The number of pyridine rings is 2. The van der Waals surface area contributed by atoms with Crippen molar-refractivity contribution in [1.29, 1.82) is 0 Å². The number of amides is 2. The Morgan fingerprint density at radius 2 is 1.93 bits per heavy atom. The van der Waals surface area contributed by atoms with Gasteiger partial charge in [-0.2, -0.15) is 0 Å². The molecule has 224 valence electrons. The third-order valence-electron chi connectivity index (χ3n) is 7.58. The molecule has 1 fully saturated rings. The van der Waals surface area contributed by atoms with Gasteiger partial charge < -0.3 is 25.7 Å². The maximum absolute atomic E-state index is 13.5. The standard InChI is InChI=1S/C33H30F2N6O3/c34-33(35)9-12-41(13-10-33)32(43)23-5-6-28(38-19-23)24-14-25-15-26(44-31(25)27(16-24)22-2-1-11-37-18-22)20-40-30(42)8-4-21-3-7-29(36)39-17-21/h1-8,11,14-17,19,37H,9-10,12-13,18,20H2,(H2,36,39)(H,40,42)/b8-4+. The van der Waals surface area contributed by atoms with Crippen molar-refractivity contribution < 1.29 is 22.8 Å². The van der Waals surface area contributed by atoms with Crippen molar-refractivity contribution in [2.75, 3.05) is 25.4 Å². The molecule has 5 heterocycles. The molecule has 0 atom stereocenters. The van der Waals surface area contributed by atoms with Gasteiger partial charge in [-0.1, -0.05) is 6.08 Å². The van der Waals surface area contributed by atoms with Crippen molar-refractivity contribution in [2.45, 2.75) is 25.3 Å². The van der Waals surface area contributed by atoms with Crippen LogP contribution in [0.2, 0.25) is 0 Å². The maximum Gasteiger partial charge on any atom is 0.255 e. The predicted molar refractivity (Wildman–Crippen MR) is 164 cm³/mol. The van der Waals surface area contributed by atoms with Gasteiger partial charge in [0.2, 0.25) is 5.91 Å². The van der Waals surface area contributed by atoms with Gasteiger partial charge in [0.25, 0.3) is 11.8 Å². The number of anilines is 1. The van der Waals surface area contributed by atoms with Crippen LogP contribution in [0.4, 0.5) is 14.6 Å². The summed E-state index contributed by atoms with van der Waals surface area (Å²) in [6.07, 6.45) is 11.3. The summed E-state index contributed by atoms with van der Waals surface area (Å²) in [5.41, 5.74) is 10.7. The first-order valence-electron chi connectivity index (χ1n) is 14.2. The lowest BCUT2D eigenvalue weighted by atomic mass is 9.97. The molecule has 1 aromatic carbocycles. The first-order valence-corrected chi connectivity index (χ1v) is 14.2. The maximum atomic E-state index is 13.5. The van der Waals surface area contributed by atoms with Gasteiger partial charge in [0, 0.05) is 67.5 Å². The highest BCUT2D eigenvalue weighted by atomic mass is 19.3. The van der Waals surface area contributed by atoms with E-state index in [4.69, 9.17) is 10.2 Å². The monoisotopic (exact) mass is 596 g/mol. The summed E-state index contributed by atoms with van der Waals surface area (Å²) in [7, 11) is 0. The second-order valence-corrected chi connectivity index (χ2v) is 10.7. The average Bonchev–Trinajstić information content (AvgIpc) is 3.46. The van der Waals surface area contributed by atoms with E-state index in [0.29, 0.717) is 35.0 Å². The number of carbonyl (C=O) groups excluding carboxylic acids is 2. The number of benzene rings is 1. The van der Waals surface area contributed by atoms with Crippen LogP contribution in [0, 0.1) is 0 Å². The molecule has 3 aromatic heterocycles. The lowest BCUT2D eigenvalue weighted by Gasteiger charge is -2.31. The number of halogens is 2. The number of piperidine rings is 1. The number of fused-ring (bicyclic) bond motifs is 1. The van der Waals surface area contributed by atoms with Gasteiger partial charge in [-0.05, 0) is 72.0 Å². The number of nitrogens with zero attached hydrogens (tertiary/aromatic N) is 3. The lowest BCUT2D eigenvalue weighted by molar-refractivity contribution is -0.116. The second-order valence-electron chi connectivity index (χ2n) is 10.7. The highest BCUT2D eigenvalue weighted by molar-refractivity contribution is 5.96. The van der Waals surface area contributed by atoms with Crippen molar-refractivity contribution in [2.24, 2.45) is 0 Å². The number of nitrogens with one attached hydrogen (secondary N) is 2. The molecule has 44 heavy (non-hydrogen) atoms. The molecule has 0 spiro atoms. The largest absolute Gasteiger partial charge is 0.459 e. The van der Waals surface area contributed by atoms with Crippen molar-refractivity contribution in [1.82, 2.24) is 25.5 Å². The van der Waals surface area contributed by atoms with E-state index in [9.17, 15) is 18.4 Å². The van der Waals surface area contributed by atoms with Crippen molar-refractivity contribution >= 4 is 40.3 Å². The molecule has 0 aliphatic carbocycles. The van der Waals surface area contributed by atoms with Crippen LogP contribution in [0.5, 0.6) is 0 Å². The Balaban J connectivity index is 1.22. The topological polar surface area (TPSA) is 126 Å². The zero-order chi connectivity index (χ0) is 30.7. The van der Waals surface area contributed by atoms with E-state index < -0.39 is 5.92 Å². The van der Waals surface area contributed by atoms with E-state index in [0.717, 1.165) is 27.6 Å². The molecule has 4 aromatic rings. The first kappa shape index (κ1) is 28.8. The molecule has 2 amide bonds. The summed E-state index contributed by atoms with van der Waals surface area (Å²) in [4.78, 5) is 35.4. The summed E-state index contributed by atoms with van der Waals surface area (Å²) in [5, 5.41) is 6.89. The van der Waals surface area contributed by atoms with Gasteiger partial charge >= 0.3 is 0 Å². The van der Waals surface area contributed by atoms with Gasteiger partial charge in [-0.25, -0.2) is 13.8 Å². The number of aromatic nitrogens is 2. The van der Waals surface area contributed by atoms with Crippen molar-refractivity contribution in [3.63, 3.8) is 0 Å². The fraction of sp³-hybridized carbons (Fsp3) is 0.212. The molecule has 2 aliphatic rings. The van der Waals surface area contributed by atoms with Crippen molar-refractivity contribution in [3.05, 3.63) is 102 Å². The Hall–Kier alpha value is -5.32. The second kappa shape index (κ2) is 12.1. The van der Waals surface area contributed by atoms with E-state index in [2.05, 4.69) is 20.6 Å². The molecular weight excluding hydrogens is 566 g/mol. The van der Waals surface area contributed by atoms with Crippen LogP contribution < -0.4 is 16.4 Å². The Morgan fingerprint density at radius 1 is 1.09 bits per heavy atom. The number of alkyl halides is 2. The fourth-order valence-corrected chi connectivity index (χ4v) is 5.16. The average molecular weight is 597 g/mol. The fourth-order valence-electron chi connectivity index (χ4n) is 5.16. The van der Waals surface area contributed by atoms with Crippen LogP contribution in [-0.4, -0.2) is 52.2 Å². The number of hydrogen-bond acceptors (Lipinski definition) is 7. The first-order chi connectivity index (χ1) is 21.2. The predicted octanol–water partition coefficient (Wildman–Crippen LogP) is 5.17. The molecule has 0 saturated carbocycles. The molecule has 4 N–H and O–H groups in total. The Bertz CT molecular complexity index is 1780. The minimum Gasteiger partial charge on any atom is -0.459 e. The zero-order valence-electron chi connectivity index (χ0n) is 23.7. The summed E-state index contributed by atoms with van der Waals surface area (Å²) >= 11 is 0. The van der Waals surface area contributed by atoms with Gasteiger partial charge in [-0.3, -0.25) is 14.6 Å². The van der Waals surface area contributed by atoms with Crippen molar-refractivity contribution in [3.8, 4) is 11.3 Å². The molecule has 0 radical (unpaired) electrons. The number of allylic oxidation sites excluding steroid dienone is 2. The van der Waals surface area contributed by atoms with E-state index in [1.807, 2.05) is 36.6 Å². The number of hydrogen-bond donors (Lipinski definition) is 3. The number of furan rings is 1. The van der Waals surface area contributed by atoms with Gasteiger partial charge in [-0.15, -0.1) is 0 Å². The SMILES string of the molecule is Nc1ccc(/C=C/C(=O)NCc2cc3cc(-c4ccc(C(=O)N5CCC(F)(F)CC5)cn4)cc(C4=CC=CNC4)c3o2)cn1. The number of rotatable bonds is 7. The van der Waals surface area contributed by atoms with Gasteiger partial charge in [0.1, 0.15) is 17.2 Å². The highest BCUT2D eigenvalue weighted by Crippen LogP contribution is 2.34. The molecule has 6 rings (SSSR count). The van der Waals surface area contributed by atoms with E-state index >= 15 is 0 Å². The quantitative estimate of drug-likeness (QED) is 0.251. The molecular formula is C33H30F2N6O3. The summed E-state index contributed by atoms with van der Waals surface area (Å²) in [6, 6.07) is 12.7. The molecule has 11 heteroatoms. The molecule has 1 saturated heterocycles. The van der Waals surface area contributed by atoms with Crippen LogP contribution in [0.25, 0.3) is 33.9 Å². The van der Waals surface area contributed by atoms with Crippen LogP contribution in [0.1, 0.15) is 40.1 Å². The summed E-state index contributed by atoms with van der Waals surface area (Å²) < 4.78 is 33.3. The third-order valence-corrected chi connectivity index (χ3v) is 7.58.